The van der Waals surface area contributed by atoms with Gasteiger partial charge in [0.25, 0.3) is 5.56 Å². The average Bonchev–Trinajstić information content (AvgIpc) is 2.98. The Hall–Kier alpha value is -2.63. The van der Waals surface area contributed by atoms with Crippen molar-refractivity contribution in [1.29, 1.82) is 0 Å². The maximum absolute atomic E-state index is 13.0. The third-order valence-electron chi connectivity index (χ3n) is 5.89. The standard InChI is InChI=1S/C21H26N4O2/c1-3-24(4-2)21(27)25-15-10-11-16(25)13-18-17(12-15)20(26)23-19(22-18)14-8-6-5-7-9-14/h5-9,15-16H,3-4,10-13H2,1-2H3,(H,22,23,26). The Kier molecular flexibility index (Phi) is 4.72. The molecule has 0 aliphatic carbocycles. The van der Waals surface area contributed by atoms with E-state index in [9.17, 15) is 9.59 Å². The Bertz CT molecular complexity index is 889. The highest BCUT2D eigenvalue weighted by atomic mass is 16.2. The van der Waals surface area contributed by atoms with Gasteiger partial charge in [-0.1, -0.05) is 30.3 Å². The highest BCUT2D eigenvalue weighted by molar-refractivity contribution is 5.76. The molecule has 1 saturated heterocycles. The number of carbonyl (C=O) groups excluding carboxylic acids is 1. The van der Waals surface area contributed by atoms with Gasteiger partial charge in [-0.3, -0.25) is 4.79 Å². The fourth-order valence-corrected chi connectivity index (χ4v) is 4.45. The first kappa shape index (κ1) is 17.8. The molecular formula is C21H26N4O2. The number of aromatic amines is 1. The fraction of sp³-hybridized carbons (Fsp3) is 0.476. The molecule has 2 bridgehead atoms. The summed E-state index contributed by atoms with van der Waals surface area (Å²) in [6, 6.07) is 10.0. The molecule has 2 unspecified atom stereocenters. The van der Waals surface area contributed by atoms with Crippen LogP contribution in [-0.2, 0) is 12.8 Å². The van der Waals surface area contributed by atoms with Crippen LogP contribution in [-0.4, -0.2) is 51.0 Å². The zero-order chi connectivity index (χ0) is 19.0. The number of hydrogen-bond donors (Lipinski definition) is 1. The van der Waals surface area contributed by atoms with Crippen molar-refractivity contribution in [3.05, 3.63) is 51.9 Å². The number of fused-ring (bicyclic) bond motifs is 3. The first-order valence-electron chi connectivity index (χ1n) is 9.87. The molecule has 2 aliphatic rings. The van der Waals surface area contributed by atoms with E-state index in [0.717, 1.165) is 29.7 Å². The first-order chi connectivity index (χ1) is 13.1. The summed E-state index contributed by atoms with van der Waals surface area (Å²) in [6.45, 7) is 5.42. The van der Waals surface area contributed by atoms with E-state index in [2.05, 4.69) is 4.98 Å². The molecule has 1 aromatic heterocycles. The van der Waals surface area contributed by atoms with Crippen molar-refractivity contribution < 1.29 is 4.79 Å². The van der Waals surface area contributed by atoms with Crippen molar-refractivity contribution >= 4 is 6.03 Å². The van der Waals surface area contributed by atoms with Gasteiger partial charge in [0.15, 0.2) is 0 Å². The Morgan fingerprint density at radius 2 is 1.81 bits per heavy atom. The molecule has 1 fully saturated rings. The van der Waals surface area contributed by atoms with Crippen LogP contribution in [0.4, 0.5) is 4.79 Å². The van der Waals surface area contributed by atoms with E-state index in [4.69, 9.17) is 4.98 Å². The second kappa shape index (κ2) is 7.18. The van der Waals surface area contributed by atoms with Gasteiger partial charge in [-0.15, -0.1) is 0 Å². The molecule has 1 N–H and O–H groups in total. The van der Waals surface area contributed by atoms with Crippen LogP contribution in [0.25, 0.3) is 11.4 Å². The molecule has 6 heteroatoms. The zero-order valence-corrected chi connectivity index (χ0v) is 15.9. The number of benzene rings is 1. The molecule has 2 atom stereocenters. The Balaban J connectivity index is 1.70. The summed E-state index contributed by atoms with van der Waals surface area (Å²) in [7, 11) is 0. The minimum absolute atomic E-state index is 0.0679. The molecule has 2 amide bonds. The predicted octanol–water partition coefficient (Wildman–Crippen LogP) is 2.83. The molecule has 0 spiro atoms. The van der Waals surface area contributed by atoms with Crippen LogP contribution in [0.15, 0.2) is 35.1 Å². The third kappa shape index (κ3) is 3.13. The van der Waals surface area contributed by atoms with Gasteiger partial charge >= 0.3 is 6.03 Å². The number of amides is 2. The molecule has 1 aromatic carbocycles. The first-order valence-corrected chi connectivity index (χ1v) is 9.87. The number of hydrogen-bond acceptors (Lipinski definition) is 3. The lowest BCUT2D eigenvalue weighted by Gasteiger charge is -2.33. The van der Waals surface area contributed by atoms with Crippen LogP contribution in [0.5, 0.6) is 0 Å². The molecule has 3 heterocycles. The minimum atomic E-state index is -0.0679. The summed E-state index contributed by atoms with van der Waals surface area (Å²) < 4.78 is 0. The number of rotatable bonds is 3. The van der Waals surface area contributed by atoms with Crippen molar-refractivity contribution in [3.63, 3.8) is 0 Å². The quantitative estimate of drug-likeness (QED) is 0.908. The van der Waals surface area contributed by atoms with Gasteiger partial charge in [-0.2, -0.15) is 0 Å². The smallest absolute Gasteiger partial charge is 0.320 e. The number of carbonyl (C=O) groups is 1. The van der Waals surface area contributed by atoms with Gasteiger partial charge in [0.05, 0.1) is 5.69 Å². The zero-order valence-electron chi connectivity index (χ0n) is 15.9. The van der Waals surface area contributed by atoms with Crippen LogP contribution in [0, 0.1) is 0 Å². The Morgan fingerprint density at radius 1 is 1.15 bits per heavy atom. The summed E-state index contributed by atoms with van der Waals surface area (Å²) in [6.07, 6.45) is 3.18. The monoisotopic (exact) mass is 366 g/mol. The van der Waals surface area contributed by atoms with E-state index >= 15 is 0 Å². The summed E-state index contributed by atoms with van der Waals surface area (Å²) in [5.41, 5.74) is 2.44. The van der Waals surface area contributed by atoms with Gasteiger partial charge in [-0.05, 0) is 26.7 Å². The number of nitrogens with zero attached hydrogens (tertiary/aromatic N) is 3. The molecule has 0 saturated carbocycles. The lowest BCUT2D eigenvalue weighted by atomic mass is 9.98. The summed E-state index contributed by atoms with van der Waals surface area (Å²) in [5.74, 6) is 0.610. The SMILES string of the molecule is CCN(CC)C(=O)N1C2CCC1Cc1c(nc(-c3ccccc3)[nH]c1=O)C2. The highest BCUT2D eigenvalue weighted by Gasteiger charge is 2.42. The van der Waals surface area contributed by atoms with Crippen LogP contribution in [0.3, 0.4) is 0 Å². The maximum Gasteiger partial charge on any atom is 0.320 e. The molecular weight excluding hydrogens is 340 g/mol. The van der Waals surface area contributed by atoms with Crippen LogP contribution >= 0.6 is 0 Å². The van der Waals surface area contributed by atoms with Gasteiger partial charge in [0.1, 0.15) is 5.82 Å². The van der Waals surface area contributed by atoms with E-state index in [0.29, 0.717) is 31.8 Å². The largest absolute Gasteiger partial charge is 0.325 e. The summed E-state index contributed by atoms with van der Waals surface area (Å²) in [4.78, 5) is 37.5. The van der Waals surface area contributed by atoms with Crippen LogP contribution < -0.4 is 5.56 Å². The highest BCUT2D eigenvalue weighted by Crippen LogP contribution is 2.33. The van der Waals surface area contributed by atoms with E-state index in [1.165, 1.54) is 0 Å². The van der Waals surface area contributed by atoms with Crippen molar-refractivity contribution in [2.45, 2.75) is 51.6 Å². The number of nitrogens with one attached hydrogen (secondary N) is 1. The van der Waals surface area contributed by atoms with E-state index in [1.807, 2.05) is 54.0 Å². The number of aromatic nitrogens is 2. The van der Waals surface area contributed by atoms with Crippen LogP contribution in [0.2, 0.25) is 0 Å². The number of H-pyrrole nitrogens is 1. The lowest BCUT2D eigenvalue weighted by Crippen LogP contribution is -2.49. The fourth-order valence-electron chi connectivity index (χ4n) is 4.45. The normalized spacial score (nSPS) is 20.9. The number of urea groups is 1. The van der Waals surface area contributed by atoms with Gasteiger partial charge in [0.2, 0.25) is 0 Å². The minimum Gasteiger partial charge on any atom is -0.325 e. The Labute approximate surface area is 159 Å². The maximum atomic E-state index is 13.0. The van der Waals surface area contributed by atoms with Gasteiger partial charge < -0.3 is 14.8 Å². The molecule has 142 valence electrons. The third-order valence-corrected chi connectivity index (χ3v) is 5.89. The average molecular weight is 366 g/mol. The molecule has 2 aliphatic heterocycles. The summed E-state index contributed by atoms with van der Waals surface area (Å²) >= 11 is 0. The molecule has 4 rings (SSSR count). The topological polar surface area (TPSA) is 69.3 Å². The molecule has 6 nitrogen and oxygen atoms in total. The van der Waals surface area contributed by atoms with Gasteiger partial charge in [0, 0.05) is 49.1 Å². The second-order valence-corrected chi connectivity index (χ2v) is 7.36. The summed E-state index contributed by atoms with van der Waals surface area (Å²) in [5, 5.41) is 0. The van der Waals surface area contributed by atoms with E-state index < -0.39 is 0 Å². The van der Waals surface area contributed by atoms with Gasteiger partial charge in [-0.25, -0.2) is 9.78 Å². The van der Waals surface area contributed by atoms with Crippen molar-refractivity contribution in [1.82, 2.24) is 19.8 Å². The Morgan fingerprint density at radius 3 is 2.48 bits per heavy atom. The lowest BCUT2D eigenvalue weighted by molar-refractivity contribution is 0.136. The van der Waals surface area contributed by atoms with Crippen molar-refractivity contribution in [3.8, 4) is 11.4 Å². The predicted molar refractivity (Wildman–Crippen MR) is 105 cm³/mol. The molecule has 0 radical (unpaired) electrons. The second-order valence-electron chi connectivity index (χ2n) is 7.36. The van der Waals surface area contributed by atoms with Crippen LogP contribution in [0.1, 0.15) is 37.9 Å². The van der Waals surface area contributed by atoms with Crippen molar-refractivity contribution in [2.75, 3.05) is 13.1 Å². The molecule has 2 aromatic rings. The molecule has 27 heavy (non-hydrogen) atoms. The van der Waals surface area contributed by atoms with Crippen molar-refractivity contribution in [2.24, 2.45) is 0 Å². The van der Waals surface area contributed by atoms with E-state index in [1.54, 1.807) is 0 Å². The van der Waals surface area contributed by atoms with E-state index in [-0.39, 0.29) is 23.7 Å².